The topological polar surface area (TPSA) is 116 Å². The standard InChI is InChI=1S/C26H27ClN6O2S/c1-5-16(6-2)12-22(28)24-20(13-18(15-30-24)17-8-7-11-29-14-17)19-9-10-21(27)23-25(19)33(3)31-26(23)32-36(4,34)35/h5-11,13-15,22H,1,12,28H2,2-4H3,(H,31,32)/b16-6+/t22-/m0/s1. The third kappa shape index (κ3) is 5.18. The number of rotatable bonds is 8. The molecule has 36 heavy (non-hydrogen) atoms. The van der Waals surface area contributed by atoms with Gasteiger partial charge in [-0.3, -0.25) is 19.4 Å². The SMILES string of the molecule is C=C/C(=C\C)C[C@H](N)c1ncc(-c2cccnc2)cc1-c1ccc(Cl)c2c(NS(C)(=O)=O)nn(C)c12. The molecule has 10 heteroatoms. The summed E-state index contributed by atoms with van der Waals surface area (Å²) in [6.45, 7) is 5.82. The fourth-order valence-corrected chi connectivity index (χ4v) is 4.93. The van der Waals surface area contributed by atoms with Gasteiger partial charge in [0.25, 0.3) is 0 Å². The van der Waals surface area contributed by atoms with Gasteiger partial charge in [0.2, 0.25) is 10.0 Å². The fraction of sp³-hybridized carbons (Fsp3) is 0.192. The van der Waals surface area contributed by atoms with Gasteiger partial charge < -0.3 is 5.73 Å². The van der Waals surface area contributed by atoms with Gasteiger partial charge in [0.1, 0.15) is 0 Å². The summed E-state index contributed by atoms with van der Waals surface area (Å²) in [6.07, 6.45) is 10.6. The molecule has 3 aromatic heterocycles. The molecular formula is C26H27ClN6O2S. The number of anilines is 1. The lowest BCUT2D eigenvalue weighted by Gasteiger charge is -2.18. The molecule has 0 saturated heterocycles. The van der Waals surface area contributed by atoms with Gasteiger partial charge >= 0.3 is 0 Å². The van der Waals surface area contributed by atoms with Gasteiger partial charge in [-0.15, -0.1) is 0 Å². The summed E-state index contributed by atoms with van der Waals surface area (Å²) in [5, 5.41) is 5.28. The van der Waals surface area contributed by atoms with Gasteiger partial charge in [0, 0.05) is 47.9 Å². The van der Waals surface area contributed by atoms with Crippen LogP contribution in [-0.4, -0.2) is 34.4 Å². The fourth-order valence-electron chi connectivity index (χ4n) is 4.19. The highest BCUT2D eigenvalue weighted by Crippen LogP contribution is 2.40. The van der Waals surface area contributed by atoms with Gasteiger partial charge in [-0.2, -0.15) is 5.10 Å². The van der Waals surface area contributed by atoms with Crippen molar-refractivity contribution in [3.63, 3.8) is 0 Å². The van der Waals surface area contributed by atoms with E-state index in [2.05, 4.69) is 21.4 Å². The van der Waals surface area contributed by atoms with Crippen molar-refractivity contribution in [2.24, 2.45) is 12.8 Å². The molecule has 0 aliphatic carbocycles. The smallest absolute Gasteiger partial charge is 0.231 e. The van der Waals surface area contributed by atoms with Crippen molar-refractivity contribution in [1.82, 2.24) is 19.7 Å². The van der Waals surface area contributed by atoms with Crippen LogP contribution in [0.3, 0.4) is 0 Å². The van der Waals surface area contributed by atoms with Gasteiger partial charge in [0.15, 0.2) is 5.82 Å². The number of sulfonamides is 1. The summed E-state index contributed by atoms with van der Waals surface area (Å²) in [5.74, 6) is 0.159. The minimum absolute atomic E-state index is 0.159. The van der Waals surface area contributed by atoms with Crippen molar-refractivity contribution in [3.05, 3.63) is 83.9 Å². The lowest BCUT2D eigenvalue weighted by Crippen LogP contribution is -2.14. The molecule has 0 aliphatic rings. The Balaban J connectivity index is 1.99. The maximum Gasteiger partial charge on any atom is 0.231 e. The summed E-state index contributed by atoms with van der Waals surface area (Å²) in [5.41, 5.74) is 12.4. The Labute approximate surface area is 215 Å². The van der Waals surface area contributed by atoms with E-state index in [0.717, 1.165) is 34.1 Å². The number of allylic oxidation sites excluding steroid dienone is 2. The quantitative estimate of drug-likeness (QED) is 0.305. The van der Waals surface area contributed by atoms with Crippen LogP contribution >= 0.6 is 11.6 Å². The second kappa shape index (κ2) is 10.2. The number of aromatic nitrogens is 4. The molecule has 4 aromatic rings. The van der Waals surface area contributed by atoms with E-state index in [1.54, 1.807) is 42.5 Å². The highest BCUT2D eigenvalue weighted by molar-refractivity contribution is 7.92. The summed E-state index contributed by atoms with van der Waals surface area (Å²) in [7, 11) is -1.83. The molecule has 8 nitrogen and oxygen atoms in total. The Morgan fingerprint density at radius 3 is 2.67 bits per heavy atom. The summed E-state index contributed by atoms with van der Waals surface area (Å²) < 4.78 is 28.0. The average molecular weight is 523 g/mol. The largest absolute Gasteiger partial charge is 0.322 e. The van der Waals surface area contributed by atoms with Crippen LogP contribution in [0.25, 0.3) is 33.2 Å². The first-order chi connectivity index (χ1) is 17.1. The Kier molecular flexibility index (Phi) is 7.26. The molecular weight excluding hydrogens is 496 g/mol. The lowest BCUT2D eigenvalue weighted by atomic mass is 9.93. The molecule has 186 valence electrons. The number of hydrogen-bond acceptors (Lipinski definition) is 6. The number of nitrogens with two attached hydrogens (primary N) is 1. The predicted molar refractivity (Wildman–Crippen MR) is 146 cm³/mol. The highest BCUT2D eigenvalue weighted by atomic mass is 35.5. The number of pyridine rings is 2. The van der Waals surface area contributed by atoms with E-state index in [1.807, 2.05) is 37.3 Å². The van der Waals surface area contributed by atoms with E-state index < -0.39 is 16.1 Å². The molecule has 0 fully saturated rings. The van der Waals surface area contributed by atoms with Crippen LogP contribution in [0, 0.1) is 0 Å². The first kappa shape index (κ1) is 25.6. The van der Waals surface area contributed by atoms with E-state index in [0.29, 0.717) is 28.0 Å². The van der Waals surface area contributed by atoms with Gasteiger partial charge in [-0.1, -0.05) is 48.0 Å². The van der Waals surface area contributed by atoms with Crippen LogP contribution < -0.4 is 10.5 Å². The Morgan fingerprint density at radius 1 is 1.25 bits per heavy atom. The van der Waals surface area contributed by atoms with Crippen LogP contribution in [-0.2, 0) is 17.1 Å². The second-order valence-electron chi connectivity index (χ2n) is 8.44. The zero-order chi connectivity index (χ0) is 26.0. The Bertz CT molecular complexity index is 1580. The molecule has 1 atom stereocenters. The number of aryl methyl sites for hydroxylation is 1. The molecule has 3 N–H and O–H groups in total. The Hall–Kier alpha value is -3.53. The van der Waals surface area contributed by atoms with Crippen LogP contribution in [0.2, 0.25) is 5.02 Å². The maximum atomic E-state index is 12.0. The molecule has 3 heterocycles. The van der Waals surface area contributed by atoms with Crippen molar-refractivity contribution < 1.29 is 8.42 Å². The van der Waals surface area contributed by atoms with E-state index >= 15 is 0 Å². The maximum absolute atomic E-state index is 12.0. The van der Waals surface area contributed by atoms with E-state index in [4.69, 9.17) is 22.3 Å². The number of benzene rings is 1. The number of nitrogens with one attached hydrogen (secondary N) is 1. The number of nitrogens with zero attached hydrogens (tertiary/aromatic N) is 4. The normalized spacial score (nSPS) is 13.1. The first-order valence-corrected chi connectivity index (χ1v) is 13.5. The third-order valence-electron chi connectivity index (χ3n) is 5.86. The van der Waals surface area contributed by atoms with Gasteiger partial charge in [-0.25, -0.2) is 8.42 Å². The van der Waals surface area contributed by atoms with E-state index in [1.165, 1.54) is 0 Å². The third-order valence-corrected chi connectivity index (χ3v) is 6.74. The highest BCUT2D eigenvalue weighted by Gasteiger charge is 2.23. The lowest BCUT2D eigenvalue weighted by molar-refractivity contribution is 0.606. The van der Waals surface area contributed by atoms with Gasteiger partial charge in [0.05, 0.1) is 33.9 Å². The van der Waals surface area contributed by atoms with Crippen LogP contribution in [0.1, 0.15) is 25.1 Å². The molecule has 1 aromatic carbocycles. The van der Waals surface area contributed by atoms with Gasteiger partial charge in [-0.05, 0) is 31.5 Å². The van der Waals surface area contributed by atoms with Crippen LogP contribution in [0.4, 0.5) is 5.82 Å². The molecule has 0 bridgehead atoms. The zero-order valence-corrected chi connectivity index (χ0v) is 21.8. The van der Waals surface area contributed by atoms with Crippen molar-refractivity contribution in [2.75, 3.05) is 11.0 Å². The van der Waals surface area contributed by atoms with Crippen molar-refractivity contribution in [1.29, 1.82) is 0 Å². The van der Waals surface area contributed by atoms with Crippen LogP contribution in [0.5, 0.6) is 0 Å². The molecule has 4 rings (SSSR count). The van der Waals surface area contributed by atoms with Crippen molar-refractivity contribution in [3.8, 4) is 22.3 Å². The molecule has 0 radical (unpaired) electrons. The number of hydrogen-bond donors (Lipinski definition) is 2. The Morgan fingerprint density at radius 2 is 2.03 bits per heavy atom. The second-order valence-corrected chi connectivity index (χ2v) is 10.6. The minimum atomic E-state index is -3.57. The summed E-state index contributed by atoms with van der Waals surface area (Å²) in [6, 6.07) is 9.02. The van der Waals surface area contributed by atoms with E-state index in [9.17, 15) is 8.42 Å². The predicted octanol–water partition coefficient (Wildman–Crippen LogP) is 5.24. The van der Waals surface area contributed by atoms with Crippen molar-refractivity contribution >= 4 is 38.3 Å². The average Bonchev–Trinajstić information content (AvgIpc) is 3.17. The minimum Gasteiger partial charge on any atom is -0.322 e. The zero-order valence-electron chi connectivity index (χ0n) is 20.2. The van der Waals surface area contributed by atoms with Crippen molar-refractivity contribution in [2.45, 2.75) is 19.4 Å². The molecule has 0 spiro atoms. The van der Waals surface area contributed by atoms with E-state index in [-0.39, 0.29) is 5.82 Å². The number of halogens is 1. The molecule has 0 aliphatic heterocycles. The van der Waals surface area contributed by atoms with Crippen LogP contribution in [0.15, 0.2) is 73.2 Å². The summed E-state index contributed by atoms with van der Waals surface area (Å²) in [4.78, 5) is 9.02. The number of fused-ring (bicyclic) bond motifs is 1. The monoisotopic (exact) mass is 522 g/mol. The molecule has 0 saturated carbocycles. The molecule has 0 unspecified atom stereocenters. The first-order valence-electron chi connectivity index (χ1n) is 11.2. The molecule has 0 amide bonds. The summed E-state index contributed by atoms with van der Waals surface area (Å²) >= 11 is 6.54.